The van der Waals surface area contributed by atoms with E-state index in [0.29, 0.717) is 18.3 Å². The van der Waals surface area contributed by atoms with Crippen LogP contribution in [-0.2, 0) is 11.4 Å². The first-order chi connectivity index (χ1) is 13.7. The molecule has 0 bridgehead atoms. The summed E-state index contributed by atoms with van der Waals surface area (Å²) in [6.45, 7) is 4.50. The van der Waals surface area contributed by atoms with Crippen LogP contribution < -0.4 is 10.1 Å². The molecule has 0 atom stereocenters. The van der Waals surface area contributed by atoms with Crippen LogP contribution >= 0.6 is 11.3 Å². The number of piperazine rings is 1. The van der Waals surface area contributed by atoms with Gasteiger partial charge in [0.25, 0.3) is 0 Å². The number of rotatable bonds is 6. The van der Waals surface area contributed by atoms with E-state index in [-0.39, 0.29) is 5.91 Å². The molecule has 1 aliphatic rings. The number of aromatic nitrogens is 2. The summed E-state index contributed by atoms with van der Waals surface area (Å²) in [5.74, 6) is 0.734. The van der Waals surface area contributed by atoms with E-state index in [4.69, 9.17) is 4.74 Å². The van der Waals surface area contributed by atoms with E-state index in [1.807, 2.05) is 30.3 Å². The molecule has 1 N–H and O–H groups in total. The number of nitrogens with zero attached hydrogens (tertiary/aromatic N) is 4. The van der Waals surface area contributed by atoms with Gasteiger partial charge in [-0.25, -0.2) is 0 Å². The summed E-state index contributed by atoms with van der Waals surface area (Å²) in [7, 11) is 2.10. The molecular weight excluding hydrogens is 374 g/mol. The Kier molecular flexibility index (Phi) is 5.80. The maximum Gasteiger partial charge on any atom is 0.240 e. The van der Waals surface area contributed by atoms with Gasteiger partial charge in [-0.1, -0.05) is 41.7 Å². The number of amides is 1. The lowest BCUT2D eigenvalue weighted by Crippen LogP contribution is -2.47. The highest BCUT2D eigenvalue weighted by atomic mass is 32.1. The zero-order valence-electron chi connectivity index (χ0n) is 15.8. The molecule has 4 rings (SSSR count). The second-order valence-corrected chi connectivity index (χ2v) is 7.99. The molecule has 146 valence electrons. The molecule has 0 unspecified atom stereocenters. The number of carbonyl (C=O) groups is 1. The molecule has 1 fully saturated rings. The maximum absolute atomic E-state index is 12.2. The van der Waals surface area contributed by atoms with Gasteiger partial charge in [-0.2, -0.15) is 0 Å². The summed E-state index contributed by atoms with van der Waals surface area (Å²) >= 11 is 1.34. The van der Waals surface area contributed by atoms with E-state index in [1.165, 1.54) is 16.7 Å². The molecule has 8 heteroatoms. The van der Waals surface area contributed by atoms with Gasteiger partial charge >= 0.3 is 0 Å². The number of hydrogen-bond acceptors (Lipinski definition) is 7. The van der Waals surface area contributed by atoms with Crippen molar-refractivity contribution in [3.05, 3.63) is 47.5 Å². The third kappa shape index (κ3) is 4.83. The zero-order chi connectivity index (χ0) is 19.3. The van der Waals surface area contributed by atoms with Crippen molar-refractivity contribution in [1.29, 1.82) is 0 Å². The number of hydrogen-bond donors (Lipinski definition) is 1. The monoisotopic (exact) mass is 397 g/mol. The van der Waals surface area contributed by atoms with Crippen LogP contribution in [0.3, 0.4) is 0 Å². The van der Waals surface area contributed by atoms with Gasteiger partial charge in [0.05, 0.1) is 6.54 Å². The lowest BCUT2D eigenvalue weighted by molar-refractivity contribution is -0.117. The first-order valence-electron chi connectivity index (χ1n) is 9.30. The van der Waals surface area contributed by atoms with Crippen molar-refractivity contribution >= 4 is 33.1 Å². The van der Waals surface area contributed by atoms with Crippen LogP contribution in [0.15, 0.2) is 42.5 Å². The molecule has 28 heavy (non-hydrogen) atoms. The van der Waals surface area contributed by atoms with E-state index >= 15 is 0 Å². The van der Waals surface area contributed by atoms with Crippen molar-refractivity contribution in [3.63, 3.8) is 0 Å². The Morgan fingerprint density at radius 3 is 2.71 bits per heavy atom. The normalized spacial score (nSPS) is 15.6. The summed E-state index contributed by atoms with van der Waals surface area (Å²) in [5.41, 5.74) is 0. The minimum absolute atomic E-state index is 0.0531. The fraction of sp³-hybridized carbons (Fsp3) is 0.350. The highest BCUT2D eigenvalue weighted by Gasteiger charge is 2.17. The molecule has 1 aromatic heterocycles. The van der Waals surface area contributed by atoms with Crippen LogP contribution in [0.5, 0.6) is 5.75 Å². The highest BCUT2D eigenvalue weighted by Crippen LogP contribution is 2.22. The van der Waals surface area contributed by atoms with E-state index in [0.717, 1.165) is 42.3 Å². The van der Waals surface area contributed by atoms with Crippen molar-refractivity contribution in [1.82, 2.24) is 20.0 Å². The predicted octanol–water partition coefficient (Wildman–Crippen LogP) is 2.46. The Labute approximate surface area is 167 Å². The molecular formula is C20H23N5O2S. The minimum Gasteiger partial charge on any atom is -0.486 e. The fourth-order valence-corrected chi connectivity index (χ4v) is 3.80. The van der Waals surface area contributed by atoms with Crippen LogP contribution in [0, 0.1) is 0 Å². The van der Waals surface area contributed by atoms with Crippen molar-refractivity contribution < 1.29 is 9.53 Å². The summed E-state index contributed by atoms with van der Waals surface area (Å²) in [6, 6.07) is 14.1. The Bertz CT molecular complexity index is 952. The van der Waals surface area contributed by atoms with Crippen LogP contribution in [0.4, 0.5) is 5.13 Å². The largest absolute Gasteiger partial charge is 0.486 e. The number of benzene rings is 2. The molecule has 2 aromatic carbocycles. The van der Waals surface area contributed by atoms with Gasteiger partial charge in [0, 0.05) is 26.2 Å². The molecule has 7 nitrogen and oxygen atoms in total. The van der Waals surface area contributed by atoms with Gasteiger partial charge in [0.1, 0.15) is 12.4 Å². The molecule has 0 spiro atoms. The van der Waals surface area contributed by atoms with E-state index in [2.05, 4.69) is 44.5 Å². The molecule has 2 heterocycles. The lowest BCUT2D eigenvalue weighted by Gasteiger charge is -2.31. The van der Waals surface area contributed by atoms with Crippen LogP contribution in [0.2, 0.25) is 0 Å². The van der Waals surface area contributed by atoms with E-state index in [1.54, 1.807) is 0 Å². The Hall–Kier alpha value is -2.55. The Balaban J connectivity index is 1.28. The molecule has 1 aliphatic heterocycles. The van der Waals surface area contributed by atoms with Gasteiger partial charge < -0.3 is 9.64 Å². The minimum atomic E-state index is -0.0531. The van der Waals surface area contributed by atoms with Gasteiger partial charge in [-0.15, -0.1) is 10.2 Å². The molecule has 0 aliphatic carbocycles. The average molecular weight is 398 g/mol. The van der Waals surface area contributed by atoms with Gasteiger partial charge in [-0.05, 0) is 30.0 Å². The van der Waals surface area contributed by atoms with Gasteiger partial charge in [0.15, 0.2) is 5.01 Å². The first-order valence-corrected chi connectivity index (χ1v) is 10.1. The van der Waals surface area contributed by atoms with E-state index < -0.39 is 0 Å². The number of nitrogens with one attached hydrogen (secondary N) is 1. The number of anilines is 1. The summed E-state index contributed by atoms with van der Waals surface area (Å²) in [5, 5.41) is 14.5. The third-order valence-corrected chi connectivity index (χ3v) is 5.57. The summed E-state index contributed by atoms with van der Waals surface area (Å²) in [6.07, 6.45) is 0. The number of fused-ring (bicyclic) bond motifs is 1. The topological polar surface area (TPSA) is 70.6 Å². The lowest BCUT2D eigenvalue weighted by atomic mass is 10.1. The molecule has 1 saturated heterocycles. The smallest absolute Gasteiger partial charge is 0.240 e. The fourth-order valence-electron chi connectivity index (χ4n) is 3.13. The summed E-state index contributed by atoms with van der Waals surface area (Å²) in [4.78, 5) is 16.6. The number of ether oxygens (including phenoxy) is 1. The maximum atomic E-state index is 12.2. The Morgan fingerprint density at radius 2 is 1.89 bits per heavy atom. The quantitative estimate of drug-likeness (QED) is 0.689. The predicted molar refractivity (Wildman–Crippen MR) is 111 cm³/mol. The summed E-state index contributed by atoms with van der Waals surface area (Å²) < 4.78 is 5.83. The third-order valence-electron chi connectivity index (χ3n) is 4.76. The Morgan fingerprint density at radius 1 is 1.11 bits per heavy atom. The van der Waals surface area contributed by atoms with Gasteiger partial charge in [0.2, 0.25) is 11.0 Å². The van der Waals surface area contributed by atoms with Crippen LogP contribution in [0.25, 0.3) is 10.8 Å². The molecule has 1 amide bonds. The van der Waals surface area contributed by atoms with Crippen molar-refractivity contribution in [2.75, 3.05) is 45.1 Å². The van der Waals surface area contributed by atoms with Gasteiger partial charge in [-0.3, -0.25) is 15.0 Å². The first kappa shape index (κ1) is 18.8. The second-order valence-electron chi connectivity index (χ2n) is 6.93. The molecule has 3 aromatic rings. The van der Waals surface area contributed by atoms with E-state index in [9.17, 15) is 4.79 Å². The highest BCUT2D eigenvalue weighted by molar-refractivity contribution is 7.15. The number of carbonyl (C=O) groups excluding carboxylic acids is 1. The number of likely N-dealkylation sites (N-methyl/N-ethyl adjacent to an activating group) is 1. The van der Waals surface area contributed by atoms with Crippen molar-refractivity contribution in [3.8, 4) is 5.75 Å². The van der Waals surface area contributed by atoms with Crippen molar-refractivity contribution in [2.24, 2.45) is 0 Å². The molecule has 0 saturated carbocycles. The molecule has 0 radical (unpaired) electrons. The van der Waals surface area contributed by atoms with Crippen LogP contribution in [-0.4, -0.2) is 65.7 Å². The average Bonchev–Trinajstić information content (AvgIpc) is 3.15. The standard InChI is InChI=1S/C20H23N5O2S/c1-24-8-10-25(11-9-24)13-18(26)21-20-23-22-19(28-20)14-27-17-7-6-15-4-2-3-5-16(15)12-17/h2-7,12H,8-11,13-14H2,1H3,(H,21,23,26). The SMILES string of the molecule is CN1CCN(CC(=O)Nc2nnc(COc3ccc4ccccc4c3)s2)CC1. The zero-order valence-corrected chi connectivity index (χ0v) is 16.6. The van der Waals surface area contributed by atoms with Crippen molar-refractivity contribution in [2.45, 2.75) is 6.61 Å². The second kappa shape index (κ2) is 8.64. The van der Waals surface area contributed by atoms with Crippen LogP contribution in [0.1, 0.15) is 5.01 Å².